The molecule has 1 unspecified atom stereocenters. The SMILES string of the molecule is O=S1(=O)N=C(CC(O)C2CC2)c2ccccc21. The second-order valence-corrected chi connectivity index (χ2v) is 6.19. The Kier molecular flexibility index (Phi) is 2.34. The van der Waals surface area contributed by atoms with Crippen LogP contribution < -0.4 is 0 Å². The maximum absolute atomic E-state index is 11.8. The van der Waals surface area contributed by atoms with E-state index in [4.69, 9.17) is 0 Å². The van der Waals surface area contributed by atoms with Crippen LogP contribution in [0.4, 0.5) is 0 Å². The Hall–Kier alpha value is -1.20. The van der Waals surface area contributed by atoms with Crippen LogP contribution in [0, 0.1) is 5.92 Å². The molecule has 90 valence electrons. The van der Waals surface area contributed by atoms with Crippen molar-refractivity contribution in [2.45, 2.75) is 30.3 Å². The maximum atomic E-state index is 11.8. The van der Waals surface area contributed by atoms with Gasteiger partial charge in [-0.05, 0) is 24.8 Å². The van der Waals surface area contributed by atoms with Crippen LogP contribution in [0.15, 0.2) is 33.6 Å². The number of aliphatic hydroxyl groups is 1. The molecule has 4 nitrogen and oxygen atoms in total. The number of hydrogen-bond acceptors (Lipinski definition) is 3. The minimum atomic E-state index is -3.53. The van der Waals surface area contributed by atoms with E-state index in [2.05, 4.69) is 4.40 Å². The zero-order valence-electron chi connectivity index (χ0n) is 9.20. The number of aliphatic hydroxyl groups excluding tert-OH is 1. The molecular formula is C12H13NO3S. The van der Waals surface area contributed by atoms with Gasteiger partial charge in [-0.1, -0.05) is 18.2 Å². The van der Waals surface area contributed by atoms with Crippen molar-refractivity contribution in [2.24, 2.45) is 10.3 Å². The number of benzene rings is 1. The summed E-state index contributed by atoms with van der Waals surface area (Å²) in [4.78, 5) is 0.262. The van der Waals surface area contributed by atoms with Crippen molar-refractivity contribution in [3.63, 3.8) is 0 Å². The molecule has 1 atom stereocenters. The van der Waals surface area contributed by atoms with E-state index >= 15 is 0 Å². The number of sulfonamides is 1. The Labute approximate surface area is 100 Å². The van der Waals surface area contributed by atoms with E-state index in [1.165, 1.54) is 0 Å². The summed E-state index contributed by atoms with van der Waals surface area (Å²) in [5, 5.41) is 9.87. The normalized spacial score (nSPS) is 23.0. The average molecular weight is 251 g/mol. The van der Waals surface area contributed by atoms with Crippen LogP contribution in [0.25, 0.3) is 0 Å². The van der Waals surface area contributed by atoms with Gasteiger partial charge >= 0.3 is 0 Å². The average Bonchev–Trinajstić information content (AvgIpc) is 3.08. The summed E-state index contributed by atoms with van der Waals surface area (Å²) in [6, 6.07) is 6.79. The van der Waals surface area contributed by atoms with E-state index in [1.807, 2.05) is 0 Å². The van der Waals surface area contributed by atoms with E-state index in [0.717, 1.165) is 12.8 Å². The van der Waals surface area contributed by atoms with Crippen molar-refractivity contribution in [1.82, 2.24) is 0 Å². The minimum absolute atomic E-state index is 0.262. The molecule has 1 saturated carbocycles. The highest BCUT2D eigenvalue weighted by atomic mass is 32.2. The zero-order chi connectivity index (χ0) is 12.0. The molecule has 0 bridgehead atoms. The summed E-state index contributed by atoms with van der Waals surface area (Å²) >= 11 is 0. The third kappa shape index (κ3) is 1.89. The molecule has 0 spiro atoms. The summed E-state index contributed by atoms with van der Waals surface area (Å²) in [7, 11) is -3.53. The fourth-order valence-electron chi connectivity index (χ4n) is 2.17. The molecule has 3 rings (SSSR count). The quantitative estimate of drug-likeness (QED) is 0.881. The standard InChI is InChI=1S/C12H13NO3S/c14-11(8-5-6-8)7-10-9-3-1-2-4-12(9)17(15,16)13-10/h1-4,8,11,14H,5-7H2. The summed E-state index contributed by atoms with van der Waals surface area (Å²) in [6.45, 7) is 0. The lowest BCUT2D eigenvalue weighted by Crippen LogP contribution is -2.15. The van der Waals surface area contributed by atoms with E-state index < -0.39 is 16.1 Å². The largest absolute Gasteiger partial charge is 0.392 e. The van der Waals surface area contributed by atoms with Crippen molar-refractivity contribution < 1.29 is 13.5 Å². The first kappa shape index (κ1) is 10.9. The minimum Gasteiger partial charge on any atom is -0.392 e. The molecule has 0 amide bonds. The predicted molar refractivity (Wildman–Crippen MR) is 63.5 cm³/mol. The Bertz CT molecular complexity index is 588. The molecule has 1 aromatic carbocycles. The molecule has 1 N–H and O–H groups in total. The second-order valence-electron chi connectivity index (χ2n) is 4.62. The van der Waals surface area contributed by atoms with Crippen LogP contribution in [0.1, 0.15) is 24.8 Å². The van der Waals surface area contributed by atoms with Crippen LogP contribution in [0.3, 0.4) is 0 Å². The van der Waals surface area contributed by atoms with Gasteiger partial charge in [-0.25, -0.2) is 0 Å². The molecule has 17 heavy (non-hydrogen) atoms. The van der Waals surface area contributed by atoms with Crippen molar-refractivity contribution in [2.75, 3.05) is 0 Å². The topological polar surface area (TPSA) is 66.7 Å². The zero-order valence-corrected chi connectivity index (χ0v) is 10.0. The highest BCUT2D eigenvalue weighted by Gasteiger charge is 2.34. The van der Waals surface area contributed by atoms with Gasteiger partial charge < -0.3 is 5.11 Å². The lowest BCUT2D eigenvalue weighted by Gasteiger charge is -2.08. The summed E-state index contributed by atoms with van der Waals surface area (Å²) < 4.78 is 27.3. The molecule has 0 saturated heterocycles. The lowest BCUT2D eigenvalue weighted by molar-refractivity contribution is 0.159. The molecule has 1 aliphatic carbocycles. The van der Waals surface area contributed by atoms with E-state index in [0.29, 0.717) is 23.6 Å². The summed E-state index contributed by atoms with van der Waals surface area (Å²) in [5.74, 6) is 0.327. The van der Waals surface area contributed by atoms with Gasteiger partial charge in [0.15, 0.2) is 0 Å². The number of fused-ring (bicyclic) bond motifs is 1. The fourth-order valence-corrected chi connectivity index (χ4v) is 3.44. The van der Waals surface area contributed by atoms with Crippen molar-refractivity contribution in [1.29, 1.82) is 0 Å². The Morgan fingerprint density at radius 1 is 1.35 bits per heavy atom. The monoisotopic (exact) mass is 251 g/mol. The van der Waals surface area contributed by atoms with Crippen LogP contribution in [-0.4, -0.2) is 25.3 Å². The van der Waals surface area contributed by atoms with E-state index in [1.54, 1.807) is 24.3 Å². The predicted octanol–water partition coefficient (Wildman–Crippen LogP) is 1.34. The van der Waals surface area contributed by atoms with Gasteiger partial charge in [-0.2, -0.15) is 12.8 Å². The Balaban J connectivity index is 1.96. The third-order valence-electron chi connectivity index (χ3n) is 3.27. The number of nitrogens with zero attached hydrogens (tertiary/aromatic N) is 1. The molecule has 1 heterocycles. The first-order valence-electron chi connectivity index (χ1n) is 5.69. The molecule has 0 aromatic heterocycles. The van der Waals surface area contributed by atoms with Gasteiger partial charge in [0.1, 0.15) is 0 Å². The van der Waals surface area contributed by atoms with Gasteiger partial charge in [0.25, 0.3) is 10.0 Å². The number of rotatable bonds is 3. The van der Waals surface area contributed by atoms with Crippen molar-refractivity contribution >= 4 is 15.7 Å². The van der Waals surface area contributed by atoms with Crippen molar-refractivity contribution in [3.8, 4) is 0 Å². The molecule has 5 heteroatoms. The third-order valence-corrected chi connectivity index (χ3v) is 4.65. The molecule has 2 aliphatic rings. The lowest BCUT2D eigenvalue weighted by atomic mass is 10.0. The maximum Gasteiger partial charge on any atom is 0.283 e. The van der Waals surface area contributed by atoms with Crippen LogP contribution in [-0.2, 0) is 10.0 Å². The van der Waals surface area contributed by atoms with Gasteiger partial charge in [0, 0.05) is 12.0 Å². The van der Waals surface area contributed by atoms with Gasteiger partial charge in [-0.3, -0.25) is 0 Å². The van der Waals surface area contributed by atoms with Crippen molar-refractivity contribution in [3.05, 3.63) is 29.8 Å². The Morgan fingerprint density at radius 3 is 2.76 bits per heavy atom. The van der Waals surface area contributed by atoms with Gasteiger partial charge in [0.2, 0.25) is 0 Å². The summed E-state index contributed by atoms with van der Waals surface area (Å²) in [5.41, 5.74) is 1.15. The first-order valence-corrected chi connectivity index (χ1v) is 7.13. The fraction of sp³-hybridized carbons (Fsp3) is 0.417. The van der Waals surface area contributed by atoms with Crippen LogP contribution >= 0.6 is 0 Å². The molecule has 1 aromatic rings. The molecule has 1 fully saturated rings. The van der Waals surface area contributed by atoms with Gasteiger partial charge in [0.05, 0.1) is 16.7 Å². The first-order chi connectivity index (χ1) is 8.08. The molecule has 1 aliphatic heterocycles. The Morgan fingerprint density at radius 2 is 2.06 bits per heavy atom. The van der Waals surface area contributed by atoms with E-state index in [9.17, 15) is 13.5 Å². The van der Waals surface area contributed by atoms with Crippen LogP contribution in [0.5, 0.6) is 0 Å². The van der Waals surface area contributed by atoms with E-state index in [-0.39, 0.29) is 4.90 Å². The highest BCUT2D eigenvalue weighted by molar-refractivity contribution is 7.90. The highest BCUT2D eigenvalue weighted by Crippen LogP contribution is 2.36. The molecular weight excluding hydrogens is 238 g/mol. The summed E-state index contributed by atoms with van der Waals surface area (Å²) in [6.07, 6.45) is 1.93. The number of hydrogen-bond donors (Lipinski definition) is 1. The smallest absolute Gasteiger partial charge is 0.283 e. The van der Waals surface area contributed by atoms with Crippen LogP contribution in [0.2, 0.25) is 0 Å². The van der Waals surface area contributed by atoms with Gasteiger partial charge in [-0.15, -0.1) is 0 Å². The second kappa shape index (κ2) is 3.65. The molecule has 0 radical (unpaired) electrons.